The molecule has 0 fully saturated rings. The number of aryl methyl sites for hydroxylation is 3. The Hall–Kier alpha value is -3.98. The number of hydrogen-bond donors (Lipinski definition) is 1. The fraction of sp³-hybridized carbons (Fsp3) is 0.250. The quantitative estimate of drug-likeness (QED) is 0.307. The third-order valence-electron chi connectivity index (χ3n) is 6.01. The normalized spacial score (nSPS) is 11.4. The number of aromatic nitrogens is 2. The van der Waals surface area contributed by atoms with Gasteiger partial charge in [-0.05, 0) is 60.7 Å². The van der Waals surface area contributed by atoms with Gasteiger partial charge in [0.25, 0.3) is 5.91 Å². The summed E-state index contributed by atoms with van der Waals surface area (Å²) in [5, 5.41) is 2.50. The van der Waals surface area contributed by atoms with Crippen molar-refractivity contribution in [3.8, 4) is 0 Å². The first-order chi connectivity index (χ1) is 17.6. The Balaban J connectivity index is 1.79. The highest BCUT2D eigenvalue weighted by Gasteiger charge is 2.24. The molecule has 1 N–H and O–H groups in total. The van der Waals surface area contributed by atoms with Gasteiger partial charge in [0.15, 0.2) is 5.69 Å². The number of anilines is 2. The van der Waals surface area contributed by atoms with Gasteiger partial charge in [0.05, 0.1) is 24.7 Å². The van der Waals surface area contributed by atoms with Crippen molar-refractivity contribution < 1.29 is 17.6 Å². The lowest BCUT2D eigenvalue weighted by Crippen LogP contribution is -2.27. The Morgan fingerprint density at radius 2 is 1.76 bits per heavy atom. The molecule has 192 valence electrons. The molecule has 9 heteroatoms. The first-order valence-corrected chi connectivity index (χ1v) is 13.8. The third kappa shape index (κ3) is 6.42. The lowest BCUT2D eigenvalue weighted by atomic mass is 10.1. The predicted molar refractivity (Wildman–Crippen MR) is 143 cm³/mol. The predicted octanol–water partition coefficient (Wildman–Crippen LogP) is 5.11. The van der Waals surface area contributed by atoms with E-state index >= 15 is 0 Å². The number of nitrogens with zero attached hydrogens (tertiary/aromatic N) is 3. The molecule has 2 aromatic heterocycles. The molecule has 0 saturated carbocycles. The number of amides is 1. The summed E-state index contributed by atoms with van der Waals surface area (Å²) in [6.45, 7) is 6.67. The van der Waals surface area contributed by atoms with E-state index in [4.69, 9.17) is 4.42 Å². The maximum Gasteiger partial charge on any atom is 0.276 e. The molecule has 0 aliphatic carbocycles. The molecular formula is C28H30N4O4S. The van der Waals surface area contributed by atoms with Crippen LogP contribution in [0.2, 0.25) is 0 Å². The number of benzene rings is 2. The summed E-state index contributed by atoms with van der Waals surface area (Å²) in [4.78, 5) is 23.8. The van der Waals surface area contributed by atoms with Crippen LogP contribution in [0.5, 0.6) is 0 Å². The first-order valence-electron chi connectivity index (χ1n) is 11.9. The molecular weight excluding hydrogens is 488 g/mol. The molecule has 0 aliphatic rings. The van der Waals surface area contributed by atoms with E-state index in [1.54, 1.807) is 12.3 Å². The molecule has 37 heavy (non-hydrogen) atoms. The first kappa shape index (κ1) is 26.1. The molecule has 4 aromatic rings. The minimum absolute atomic E-state index is 0.0342. The number of rotatable bonds is 9. The molecule has 0 saturated heterocycles. The highest BCUT2D eigenvalue weighted by molar-refractivity contribution is 7.90. The summed E-state index contributed by atoms with van der Waals surface area (Å²) in [6, 6.07) is 17.6. The molecule has 0 aliphatic heterocycles. The second-order valence-corrected chi connectivity index (χ2v) is 10.9. The molecule has 0 atom stereocenters. The van der Waals surface area contributed by atoms with E-state index in [1.807, 2.05) is 55.1 Å². The van der Waals surface area contributed by atoms with E-state index in [1.165, 1.54) is 11.8 Å². The summed E-state index contributed by atoms with van der Waals surface area (Å²) in [5.41, 5.74) is 5.08. The van der Waals surface area contributed by atoms with Crippen LogP contribution in [0.15, 0.2) is 76.6 Å². The van der Waals surface area contributed by atoms with Crippen LogP contribution in [-0.4, -0.2) is 30.5 Å². The summed E-state index contributed by atoms with van der Waals surface area (Å²) in [6.07, 6.45) is 4.93. The van der Waals surface area contributed by atoms with Crippen LogP contribution in [0.3, 0.4) is 0 Å². The molecule has 1 amide bonds. The van der Waals surface area contributed by atoms with E-state index in [0.29, 0.717) is 30.2 Å². The van der Waals surface area contributed by atoms with Crippen molar-refractivity contribution in [2.24, 2.45) is 0 Å². The van der Waals surface area contributed by atoms with Crippen LogP contribution >= 0.6 is 0 Å². The molecule has 0 unspecified atom stereocenters. The average Bonchev–Trinajstić information content (AvgIpc) is 3.38. The number of carbonyl (C=O) groups excluding carboxylic acids is 1. The number of furan rings is 1. The van der Waals surface area contributed by atoms with E-state index in [0.717, 1.165) is 29.4 Å². The van der Waals surface area contributed by atoms with Crippen LogP contribution in [0.25, 0.3) is 0 Å². The Labute approximate surface area is 217 Å². The lowest BCUT2D eigenvalue weighted by Gasteiger charge is -2.26. The molecule has 2 heterocycles. The van der Waals surface area contributed by atoms with Crippen molar-refractivity contribution in [3.63, 3.8) is 0 Å². The summed E-state index contributed by atoms with van der Waals surface area (Å²) in [7, 11) is -3.74. The minimum Gasteiger partial charge on any atom is -0.467 e. The molecule has 0 bridgehead atoms. The van der Waals surface area contributed by atoms with Gasteiger partial charge in [0.2, 0.25) is 15.0 Å². The van der Waals surface area contributed by atoms with E-state index in [-0.39, 0.29) is 5.69 Å². The Bertz CT molecular complexity index is 1500. The Morgan fingerprint density at radius 1 is 1.03 bits per heavy atom. The van der Waals surface area contributed by atoms with Gasteiger partial charge in [-0.25, -0.2) is 18.4 Å². The van der Waals surface area contributed by atoms with Gasteiger partial charge in [-0.3, -0.25) is 4.79 Å². The van der Waals surface area contributed by atoms with Gasteiger partial charge in [-0.1, -0.05) is 43.3 Å². The molecule has 0 spiro atoms. The van der Waals surface area contributed by atoms with Crippen LogP contribution in [0, 0.1) is 13.8 Å². The van der Waals surface area contributed by atoms with Crippen molar-refractivity contribution in [3.05, 3.63) is 101 Å². The summed E-state index contributed by atoms with van der Waals surface area (Å²) < 4.78 is 30.1. The van der Waals surface area contributed by atoms with Crippen molar-refractivity contribution >= 4 is 27.1 Å². The van der Waals surface area contributed by atoms with Crippen molar-refractivity contribution in [1.29, 1.82) is 0 Å². The number of sulfone groups is 1. The topological polar surface area (TPSA) is 105 Å². The summed E-state index contributed by atoms with van der Waals surface area (Å²) in [5.74, 6) is 0.153. The van der Waals surface area contributed by atoms with Crippen LogP contribution < -0.4 is 10.2 Å². The van der Waals surface area contributed by atoms with Crippen molar-refractivity contribution in [1.82, 2.24) is 9.97 Å². The zero-order valence-electron chi connectivity index (χ0n) is 21.4. The highest BCUT2D eigenvalue weighted by atomic mass is 32.2. The van der Waals surface area contributed by atoms with Crippen molar-refractivity contribution in [2.45, 2.75) is 45.4 Å². The van der Waals surface area contributed by atoms with E-state index in [2.05, 4.69) is 34.3 Å². The van der Waals surface area contributed by atoms with Gasteiger partial charge in [0, 0.05) is 18.5 Å². The van der Waals surface area contributed by atoms with Crippen LogP contribution in [-0.2, 0) is 29.3 Å². The molecule has 0 radical (unpaired) electrons. The van der Waals surface area contributed by atoms with E-state index in [9.17, 15) is 13.2 Å². The van der Waals surface area contributed by atoms with Gasteiger partial charge in [0.1, 0.15) is 5.76 Å². The smallest absolute Gasteiger partial charge is 0.276 e. The fourth-order valence-corrected chi connectivity index (χ4v) is 4.41. The molecule has 4 rings (SSSR count). The van der Waals surface area contributed by atoms with Crippen molar-refractivity contribution in [2.75, 3.05) is 16.5 Å². The zero-order valence-corrected chi connectivity index (χ0v) is 22.2. The zero-order chi connectivity index (χ0) is 26.6. The fourth-order valence-electron chi connectivity index (χ4n) is 3.91. The number of nitrogens with one attached hydrogen (secondary N) is 1. The van der Waals surface area contributed by atoms with Crippen LogP contribution in [0.4, 0.5) is 11.4 Å². The van der Waals surface area contributed by atoms with Gasteiger partial charge >= 0.3 is 0 Å². The molecule has 8 nitrogen and oxygen atoms in total. The maximum absolute atomic E-state index is 13.6. The highest BCUT2D eigenvalue weighted by Crippen LogP contribution is 2.26. The standard InChI is InChI=1S/C28H30N4O4S/c1-5-21-10-12-22(13-11-21)17-32(18-23-7-6-14-36-23)25-16-29-28(37(4,34)35)31-26(25)27(33)30-24-15-19(2)8-9-20(24)3/h6-16H,5,17-18H2,1-4H3,(H,30,33). The average molecular weight is 519 g/mol. The number of hydrogen-bond acceptors (Lipinski definition) is 7. The van der Waals surface area contributed by atoms with Gasteiger partial charge in [-0.2, -0.15) is 0 Å². The van der Waals surface area contributed by atoms with E-state index < -0.39 is 20.9 Å². The maximum atomic E-state index is 13.6. The SMILES string of the molecule is CCc1ccc(CN(Cc2ccco2)c2cnc(S(C)(=O)=O)nc2C(=O)Nc2cc(C)ccc2C)cc1. The Kier molecular flexibility index (Phi) is 7.73. The van der Waals surface area contributed by atoms with Gasteiger partial charge in [-0.15, -0.1) is 0 Å². The third-order valence-corrected chi connectivity index (χ3v) is 6.87. The summed E-state index contributed by atoms with van der Waals surface area (Å²) >= 11 is 0. The van der Waals surface area contributed by atoms with Gasteiger partial charge < -0.3 is 14.6 Å². The second-order valence-electron chi connectivity index (χ2n) is 9.04. The monoisotopic (exact) mass is 518 g/mol. The number of carbonyl (C=O) groups is 1. The second kappa shape index (κ2) is 11.0. The minimum atomic E-state index is -3.74. The largest absolute Gasteiger partial charge is 0.467 e. The van der Waals surface area contributed by atoms with Crippen LogP contribution in [0.1, 0.15) is 45.4 Å². The lowest BCUT2D eigenvalue weighted by molar-refractivity contribution is 0.102. The molecule has 2 aromatic carbocycles. The Morgan fingerprint density at radius 3 is 2.41 bits per heavy atom.